The van der Waals surface area contributed by atoms with E-state index in [2.05, 4.69) is 36.4 Å². The van der Waals surface area contributed by atoms with E-state index in [9.17, 15) is 4.79 Å². The fraction of sp³-hybridized carbons (Fsp3) is 0.900. The Hall–Kier alpha value is 0.400. The number of Topliss-reactive ketones (excluding diaryl/α,β-unsaturated/α-hetero) is 1. The molecule has 0 heterocycles. The van der Waals surface area contributed by atoms with Crippen LogP contribution < -0.4 is 0 Å². The zero-order chi connectivity index (χ0) is 8.98. The standard InChI is InChI=1S/C10H15IO/c1-9-4-3-7(5-8(9)12)10(9,2)6-11/h7H,3-6H2,1-2H3/t7-,9+,10-/m0/s1. The van der Waals surface area contributed by atoms with Gasteiger partial charge in [0.2, 0.25) is 0 Å². The number of hydrogen-bond donors (Lipinski definition) is 0. The molecule has 0 amide bonds. The summed E-state index contributed by atoms with van der Waals surface area (Å²) in [6, 6.07) is 0. The van der Waals surface area contributed by atoms with Crippen molar-refractivity contribution in [2.24, 2.45) is 16.7 Å². The Labute approximate surface area is 87.4 Å². The van der Waals surface area contributed by atoms with Gasteiger partial charge < -0.3 is 0 Å². The van der Waals surface area contributed by atoms with Crippen molar-refractivity contribution in [3.63, 3.8) is 0 Å². The van der Waals surface area contributed by atoms with Crippen LogP contribution in [0, 0.1) is 16.7 Å². The first kappa shape index (κ1) is 8.97. The van der Waals surface area contributed by atoms with Crippen LogP contribution in [0.5, 0.6) is 0 Å². The van der Waals surface area contributed by atoms with Gasteiger partial charge in [-0.15, -0.1) is 0 Å². The lowest BCUT2D eigenvalue weighted by Gasteiger charge is -2.34. The van der Waals surface area contributed by atoms with Crippen LogP contribution >= 0.6 is 22.6 Å². The van der Waals surface area contributed by atoms with E-state index in [1.54, 1.807) is 0 Å². The number of fused-ring (bicyclic) bond motifs is 2. The molecule has 2 rings (SSSR count). The monoisotopic (exact) mass is 278 g/mol. The molecule has 2 bridgehead atoms. The lowest BCUT2D eigenvalue weighted by atomic mass is 9.70. The second-order valence-corrected chi connectivity index (χ2v) is 5.51. The van der Waals surface area contributed by atoms with Crippen LogP contribution in [0.1, 0.15) is 33.1 Å². The summed E-state index contributed by atoms with van der Waals surface area (Å²) in [5.41, 5.74) is 0.337. The predicted octanol–water partition coefficient (Wildman–Crippen LogP) is 2.82. The van der Waals surface area contributed by atoms with E-state index in [-0.39, 0.29) is 5.41 Å². The van der Waals surface area contributed by atoms with E-state index in [0.29, 0.717) is 17.1 Å². The van der Waals surface area contributed by atoms with Gasteiger partial charge in [-0.2, -0.15) is 0 Å². The van der Waals surface area contributed by atoms with Crippen molar-refractivity contribution in [1.29, 1.82) is 0 Å². The topological polar surface area (TPSA) is 17.1 Å². The maximum absolute atomic E-state index is 11.7. The highest BCUT2D eigenvalue weighted by Crippen LogP contribution is 2.64. The molecule has 12 heavy (non-hydrogen) atoms. The molecule has 2 aliphatic carbocycles. The molecule has 2 fully saturated rings. The van der Waals surface area contributed by atoms with Crippen LogP contribution in [-0.4, -0.2) is 10.2 Å². The Bertz CT molecular complexity index is 238. The number of hydrogen-bond acceptors (Lipinski definition) is 1. The predicted molar refractivity (Wildman–Crippen MR) is 57.4 cm³/mol. The molecule has 3 atom stereocenters. The summed E-state index contributed by atoms with van der Waals surface area (Å²) in [7, 11) is 0. The molecule has 0 saturated heterocycles. The van der Waals surface area contributed by atoms with E-state index >= 15 is 0 Å². The Balaban J connectivity index is 2.44. The number of halogens is 1. The molecule has 0 radical (unpaired) electrons. The smallest absolute Gasteiger partial charge is 0.139 e. The van der Waals surface area contributed by atoms with E-state index in [1.807, 2.05) is 0 Å². The normalized spacial score (nSPS) is 51.9. The van der Waals surface area contributed by atoms with E-state index in [1.165, 1.54) is 6.42 Å². The SMILES string of the molecule is C[C@]1(CI)[C@H]2CC[C@]1(C)C(=O)C2. The average molecular weight is 278 g/mol. The minimum atomic E-state index is 0.0266. The lowest BCUT2D eigenvalue weighted by Crippen LogP contribution is -2.36. The molecule has 0 aliphatic heterocycles. The minimum Gasteiger partial charge on any atom is -0.299 e. The second-order valence-electron chi connectivity index (χ2n) is 4.75. The van der Waals surface area contributed by atoms with Gasteiger partial charge in [0.25, 0.3) is 0 Å². The van der Waals surface area contributed by atoms with Crippen molar-refractivity contribution >= 4 is 28.4 Å². The lowest BCUT2D eigenvalue weighted by molar-refractivity contribution is -0.128. The Morgan fingerprint density at radius 2 is 2.25 bits per heavy atom. The van der Waals surface area contributed by atoms with Crippen LogP contribution in [0.2, 0.25) is 0 Å². The molecule has 0 aromatic heterocycles. The summed E-state index contributed by atoms with van der Waals surface area (Å²) >= 11 is 2.44. The van der Waals surface area contributed by atoms with Gasteiger partial charge >= 0.3 is 0 Å². The Morgan fingerprint density at radius 3 is 2.50 bits per heavy atom. The first-order valence-electron chi connectivity index (χ1n) is 4.64. The summed E-state index contributed by atoms with van der Waals surface area (Å²) in [5, 5.41) is 0. The van der Waals surface area contributed by atoms with Gasteiger partial charge in [-0.25, -0.2) is 0 Å². The van der Waals surface area contributed by atoms with Crippen molar-refractivity contribution in [2.45, 2.75) is 33.1 Å². The second kappa shape index (κ2) is 2.46. The number of rotatable bonds is 1. The first-order chi connectivity index (χ1) is 5.54. The van der Waals surface area contributed by atoms with Gasteiger partial charge in [0.05, 0.1) is 0 Å². The molecule has 68 valence electrons. The van der Waals surface area contributed by atoms with Gasteiger partial charge in [-0.1, -0.05) is 36.4 Å². The van der Waals surface area contributed by atoms with Crippen LogP contribution in [0.4, 0.5) is 0 Å². The molecule has 0 unspecified atom stereocenters. The molecule has 0 aromatic rings. The fourth-order valence-corrected chi connectivity index (χ4v) is 4.47. The Morgan fingerprint density at radius 1 is 1.58 bits per heavy atom. The van der Waals surface area contributed by atoms with Crippen LogP contribution in [0.15, 0.2) is 0 Å². The number of carbonyl (C=O) groups excluding carboxylic acids is 1. The van der Waals surface area contributed by atoms with Crippen molar-refractivity contribution < 1.29 is 4.79 Å². The molecule has 0 aromatic carbocycles. The molecular weight excluding hydrogens is 263 g/mol. The summed E-state index contributed by atoms with van der Waals surface area (Å²) in [5.74, 6) is 1.21. The molecule has 2 heteroatoms. The highest BCUT2D eigenvalue weighted by atomic mass is 127. The number of ketones is 1. The quantitative estimate of drug-likeness (QED) is 0.532. The van der Waals surface area contributed by atoms with Crippen LogP contribution in [0.25, 0.3) is 0 Å². The molecule has 0 N–H and O–H groups in total. The zero-order valence-corrected chi connectivity index (χ0v) is 9.85. The van der Waals surface area contributed by atoms with Crippen molar-refractivity contribution in [3.05, 3.63) is 0 Å². The van der Waals surface area contributed by atoms with Crippen LogP contribution in [0.3, 0.4) is 0 Å². The highest BCUT2D eigenvalue weighted by molar-refractivity contribution is 14.1. The van der Waals surface area contributed by atoms with Crippen molar-refractivity contribution in [3.8, 4) is 0 Å². The molecular formula is C10H15IO. The van der Waals surface area contributed by atoms with E-state index in [0.717, 1.165) is 17.3 Å². The summed E-state index contributed by atoms with van der Waals surface area (Å²) in [4.78, 5) is 11.7. The molecule has 0 spiro atoms. The third-order valence-electron chi connectivity index (χ3n) is 4.48. The fourth-order valence-electron chi connectivity index (χ4n) is 3.01. The third-order valence-corrected chi connectivity index (χ3v) is 6.06. The molecule has 2 saturated carbocycles. The van der Waals surface area contributed by atoms with Crippen LogP contribution in [-0.2, 0) is 4.79 Å². The van der Waals surface area contributed by atoms with Gasteiger partial charge in [-0.05, 0) is 24.2 Å². The summed E-state index contributed by atoms with van der Waals surface area (Å²) in [6.07, 6.45) is 3.27. The van der Waals surface area contributed by atoms with Gasteiger partial charge in [0.15, 0.2) is 0 Å². The van der Waals surface area contributed by atoms with E-state index in [4.69, 9.17) is 0 Å². The summed E-state index contributed by atoms with van der Waals surface area (Å²) < 4.78 is 1.14. The number of alkyl halides is 1. The van der Waals surface area contributed by atoms with Crippen molar-refractivity contribution in [2.75, 3.05) is 4.43 Å². The number of carbonyl (C=O) groups is 1. The van der Waals surface area contributed by atoms with E-state index < -0.39 is 0 Å². The zero-order valence-electron chi connectivity index (χ0n) is 7.69. The maximum atomic E-state index is 11.7. The molecule has 1 nitrogen and oxygen atoms in total. The first-order valence-corrected chi connectivity index (χ1v) is 6.16. The highest BCUT2D eigenvalue weighted by Gasteiger charge is 2.63. The minimum absolute atomic E-state index is 0.0266. The van der Waals surface area contributed by atoms with Gasteiger partial charge in [0, 0.05) is 16.3 Å². The van der Waals surface area contributed by atoms with Crippen molar-refractivity contribution in [1.82, 2.24) is 0 Å². The molecule has 2 aliphatic rings. The third kappa shape index (κ3) is 0.777. The Kier molecular flexibility index (Phi) is 1.84. The summed E-state index contributed by atoms with van der Waals surface area (Å²) in [6.45, 7) is 4.49. The average Bonchev–Trinajstić information content (AvgIpc) is 2.39. The van der Waals surface area contributed by atoms with Gasteiger partial charge in [-0.3, -0.25) is 4.79 Å². The largest absolute Gasteiger partial charge is 0.299 e. The van der Waals surface area contributed by atoms with Gasteiger partial charge in [0.1, 0.15) is 5.78 Å². The maximum Gasteiger partial charge on any atom is 0.139 e.